The first kappa shape index (κ1) is 29.1. The third kappa shape index (κ3) is 6.45. The molecule has 1 fully saturated rings. The fourth-order valence-corrected chi connectivity index (χ4v) is 6.44. The highest BCUT2D eigenvalue weighted by molar-refractivity contribution is 6.01. The Morgan fingerprint density at radius 1 is 0.889 bits per heavy atom. The van der Waals surface area contributed by atoms with Gasteiger partial charge in [-0.25, -0.2) is 4.39 Å². The van der Waals surface area contributed by atoms with Gasteiger partial charge in [0.1, 0.15) is 11.5 Å². The number of benzene rings is 2. The average molecular weight is 603 g/mol. The van der Waals surface area contributed by atoms with Gasteiger partial charge >= 0.3 is 0 Å². The Balaban J connectivity index is 1.17. The molecule has 0 unspecified atom stereocenters. The maximum absolute atomic E-state index is 14.7. The van der Waals surface area contributed by atoms with E-state index < -0.39 is 0 Å². The maximum Gasteiger partial charge on any atom is 0.125 e. The Morgan fingerprint density at radius 3 is 2.62 bits per heavy atom. The number of aromatic nitrogens is 5. The standard InChI is InChI=1S/C36H39FN8/c1-45(2)12-11-40-29-15-26(14-28(37)17-29)35-31-18-34(42-32(31)9-10-41-35)36-30-16-25(7-8-33(30)43-44-36)27-13-24(21-39-22-27)20-38-19-23-5-3-4-6-23/h7-10,13-18,21-23,38,40,42H,3-6,11-12,19-20H2,1-2H3,(H,43,44). The number of hydrogen-bond donors (Lipinski definition) is 4. The van der Waals surface area contributed by atoms with Gasteiger partial charge in [0, 0.05) is 71.3 Å². The van der Waals surface area contributed by atoms with Crippen molar-refractivity contribution in [1.82, 2.24) is 35.4 Å². The third-order valence-corrected chi connectivity index (χ3v) is 8.79. The molecular weight excluding hydrogens is 563 g/mol. The highest BCUT2D eigenvalue weighted by Crippen LogP contribution is 2.35. The van der Waals surface area contributed by atoms with Crippen LogP contribution in [-0.4, -0.2) is 63.8 Å². The highest BCUT2D eigenvalue weighted by atomic mass is 19.1. The van der Waals surface area contributed by atoms with Gasteiger partial charge in [-0.3, -0.25) is 15.1 Å². The highest BCUT2D eigenvalue weighted by Gasteiger charge is 2.17. The van der Waals surface area contributed by atoms with Crippen molar-refractivity contribution >= 4 is 27.5 Å². The fraction of sp³-hybridized carbons (Fsp3) is 0.306. The number of H-pyrrole nitrogens is 2. The van der Waals surface area contributed by atoms with E-state index in [2.05, 4.69) is 65.9 Å². The lowest BCUT2D eigenvalue weighted by atomic mass is 10.0. The summed E-state index contributed by atoms with van der Waals surface area (Å²) in [5.74, 6) is 0.504. The molecule has 45 heavy (non-hydrogen) atoms. The maximum atomic E-state index is 14.7. The number of pyridine rings is 2. The molecule has 6 aromatic rings. The average Bonchev–Trinajstić information content (AvgIpc) is 3.80. The van der Waals surface area contributed by atoms with E-state index in [0.717, 1.165) is 86.8 Å². The molecule has 4 aromatic heterocycles. The predicted molar refractivity (Wildman–Crippen MR) is 181 cm³/mol. The smallest absolute Gasteiger partial charge is 0.125 e. The van der Waals surface area contributed by atoms with Gasteiger partial charge in [-0.1, -0.05) is 18.9 Å². The van der Waals surface area contributed by atoms with Crippen LogP contribution in [0.15, 0.2) is 73.2 Å². The second-order valence-electron chi connectivity index (χ2n) is 12.5. The molecule has 0 radical (unpaired) electrons. The molecule has 4 heterocycles. The van der Waals surface area contributed by atoms with Crippen LogP contribution >= 0.6 is 0 Å². The van der Waals surface area contributed by atoms with Gasteiger partial charge in [0.2, 0.25) is 0 Å². The number of likely N-dealkylation sites (N-methyl/N-ethyl adjacent to an activating group) is 1. The van der Waals surface area contributed by atoms with Gasteiger partial charge in [0.25, 0.3) is 0 Å². The molecule has 0 spiro atoms. The molecule has 1 aliphatic rings. The lowest BCUT2D eigenvalue weighted by Crippen LogP contribution is -2.20. The number of nitrogens with one attached hydrogen (secondary N) is 4. The molecule has 0 aliphatic heterocycles. The van der Waals surface area contributed by atoms with Crippen LogP contribution in [-0.2, 0) is 6.54 Å². The monoisotopic (exact) mass is 602 g/mol. The van der Waals surface area contributed by atoms with Crippen LogP contribution in [0.3, 0.4) is 0 Å². The first-order valence-corrected chi connectivity index (χ1v) is 15.8. The van der Waals surface area contributed by atoms with Crippen LogP contribution < -0.4 is 10.6 Å². The van der Waals surface area contributed by atoms with Crippen LogP contribution in [0.2, 0.25) is 0 Å². The fourth-order valence-electron chi connectivity index (χ4n) is 6.44. The van der Waals surface area contributed by atoms with Crippen molar-refractivity contribution < 1.29 is 4.39 Å². The molecule has 0 saturated heterocycles. The van der Waals surface area contributed by atoms with Crippen molar-refractivity contribution in [2.45, 2.75) is 32.2 Å². The summed E-state index contributed by atoms with van der Waals surface area (Å²) in [5, 5.41) is 16.8. The van der Waals surface area contributed by atoms with E-state index in [1.807, 2.05) is 38.6 Å². The van der Waals surface area contributed by atoms with Crippen LogP contribution in [0.4, 0.5) is 10.1 Å². The SMILES string of the molecule is CN(C)CCNc1cc(F)cc(-c2nccc3[nH]c(-c4n[nH]c5ccc(-c6cncc(CNCC7CCCC7)c6)cc45)cc23)c1. The summed E-state index contributed by atoms with van der Waals surface area (Å²) < 4.78 is 14.7. The summed E-state index contributed by atoms with van der Waals surface area (Å²) in [6, 6.07) is 17.6. The first-order valence-electron chi connectivity index (χ1n) is 15.8. The quantitative estimate of drug-likeness (QED) is 0.125. The van der Waals surface area contributed by atoms with Crippen LogP contribution in [0, 0.1) is 11.7 Å². The van der Waals surface area contributed by atoms with Gasteiger partial charge in [0.05, 0.1) is 16.9 Å². The van der Waals surface area contributed by atoms with Crippen molar-refractivity contribution in [3.05, 3.63) is 84.6 Å². The third-order valence-electron chi connectivity index (χ3n) is 8.79. The summed E-state index contributed by atoms with van der Waals surface area (Å²) in [5.41, 5.74) is 9.07. The molecule has 230 valence electrons. The van der Waals surface area contributed by atoms with Crippen LogP contribution in [0.25, 0.3) is 55.6 Å². The minimum atomic E-state index is -0.302. The van der Waals surface area contributed by atoms with E-state index in [1.165, 1.54) is 43.4 Å². The number of aromatic amines is 2. The lowest BCUT2D eigenvalue weighted by molar-refractivity contribution is 0.425. The number of anilines is 1. The molecule has 9 heteroatoms. The predicted octanol–water partition coefficient (Wildman–Crippen LogP) is 7.23. The van der Waals surface area contributed by atoms with Gasteiger partial charge in [-0.2, -0.15) is 5.10 Å². The molecule has 4 N–H and O–H groups in total. The number of nitrogens with zero attached hydrogens (tertiary/aromatic N) is 4. The first-order chi connectivity index (χ1) is 22.0. The summed E-state index contributed by atoms with van der Waals surface area (Å²) >= 11 is 0. The minimum absolute atomic E-state index is 0.302. The van der Waals surface area contributed by atoms with Gasteiger partial charge < -0.3 is 20.5 Å². The van der Waals surface area contributed by atoms with E-state index in [-0.39, 0.29) is 5.82 Å². The molecule has 8 nitrogen and oxygen atoms in total. The number of halogens is 1. The van der Waals surface area contributed by atoms with E-state index in [4.69, 9.17) is 5.10 Å². The molecule has 0 bridgehead atoms. The molecular formula is C36H39FN8. The minimum Gasteiger partial charge on any atom is -0.384 e. The van der Waals surface area contributed by atoms with Gasteiger partial charge in [-0.05, 0) is 99.1 Å². The molecule has 0 amide bonds. The van der Waals surface area contributed by atoms with E-state index in [1.54, 1.807) is 6.20 Å². The molecule has 0 atom stereocenters. The van der Waals surface area contributed by atoms with Crippen LogP contribution in [0.5, 0.6) is 0 Å². The second-order valence-corrected chi connectivity index (χ2v) is 12.5. The summed E-state index contributed by atoms with van der Waals surface area (Å²) in [6.07, 6.45) is 11.0. The molecule has 2 aromatic carbocycles. The Kier molecular flexibility index (Phi) is 8.28. The van der Waals surface area contributed by atoms with Crippen LogP contribution in [0.1, 0.15) is 31.2 Å². The Morgan fingerprint density at radius 2 is 1.76 bits per heavy atom. The van der Waals surface area contributed by atoms with Crippen molar-refractivity contribution in [2.24, 2.45) is 5.92 Å². The van der Waals surface area contributed by atoms with Crippen molar-refractivity contribution in [2.75, 3.05) is 39.0 Å². The number of rotatable bonds is 11. The second kappa shape index (κ2) is 12.8. The number of fused-ring (bicyclic) bond motifs is 2. The largest absolute Gasteiger partial charge is 0.384 e. The Hall–Kier alpha value is -4.60. The molecule has 1 saturated carbocycles. The zero-order chi connectivity index (χ0) is 30.8. The van der Waals surface area contributed by atoms with E-state index in [9.17, 15) is 4.39 Å². The van der Waals surface area contributed by atoms with Crippen molar-refractivity contribution in [1.29, 1.82) is 0 Å². The normalized spacial score (nSPS) is 13.9. The number of hydrogen-bond acceptors (Lipinski definition) is 6. The van der Waals surface area contributed by atoms with Crippen molar-refractivity contribution in [3.8, 4) is 33.8 Å². The van der Waals surface area contributed by atoms with Gasteiger partial charge in [0.15, 0.2) is 0 Å². The summed E-state index contributed by atoms with van der Waals surface area (Å²) in [4.78, 5) is 14.8. The Labute approximate surface area is 262 Å². The zero-order valence-corrected chi connectivity index (χ0v) is 25.8. The van der Waals surface area contributed by atoms with Gasteiger partial charge in [-0.15, -0.1) is 0 Å². The van der Waals surface area contributed by atoms with E-state index in [0.29, 0.717) is 6.54 Å². The van der Waals surface area contributed by atoms with Crippen molar-refractivity contribution in [3.63, 3.8) is 0 Å². The van der Waals surface area contributed by atoms with E-state index >= 15 is 0 Å². The summed E-state index contributed by atoms with van der Waals surface area (Å²) in [6.45, 7) is 3.46. The molecule has 1 aliphatic carbocycles. The lowest BCUT2D eigenvalue weighted by Gasteiger charge is -2.12. The topological polar surface area (TPSA) is 97.5 Å². The molecule has 7 rings (SSSR count). The summed E-state index contributed by atoms with van der Waals surface area (Å²) in [7, 11) is 4.03. The zero-order valence-electron chi connectivity index (χ0n) is 25.8. The Bertz CT molecular complexity index is 1930.